The summed E-state index contributed by atoms with van der Waals surface area (Å²) in [5.74, 6) is -2.12. The van der Waals surface area contributed by atoms with Crippen LogP contribution in [0.25, 0.3) is 0 Å². The summed E-state index contributed by atoms with van der Waals surface area (Å²) in [7, 11) is 0. The summed E-state index contributed by atoms with van der Waals surface area (Å²) >= 11 is 0. The van der Waals surface area contributed by atoms with Gasteiger partial charge in [-0.2, -0.15) is 4.39 Å². The molecule has 5 nitrogen and oxygen atoms in total. The molecule has 116 valence electrons. The molecule has 2 N–H and O–H groups in total. The van der Waals surface area contributed by atoms with Crippen molar-refractivity contribution in [2.45, 2.75) is 44.1 Å². The number of halogens is 2. The number of nitrogens with one attached hydrogen (secondary N) is 1. The van der Waals surface area contributed by atoms with Crippen molar-refractivity contribution in [3.63, 3.8) is 0 Å². The Kier molecular flexibility index (Phi) is 4.72. The molecule has 0 atom stereocenters. The van der Waals surface area contributed by atoms with Crippen molar-refractivity contribution in [1.29, 1.82) is 0 Å². The first-order valence-electron chi connectivity index (χ1n) is 7.01. The first-order valence-corrected chi connectivity index (χ1v) is 7.01. The van der Waals surface area contributed by atoms with E-state index in [9.17, 15) is 24.0 Å². The van der Waals surface area contributed by atoms with Crippen molar-refractivity contribution in [3.8, 4) is 0 Å². The number of nitro groups is 1. The van der Waals surface area contributed by atoms with Gasteiger partial charge in [-0.1, -0.05) is 25.7 Å². The summed E-state index contributed by atoms with van der Waals surface area (Å²) < 4.78 is 26.7. The van der Waals surface area contributed by atoms with E-state index in [-0.39, 0.29) is 12.2 Å². The van der Waals surface area contributed by atoms with E-state index in [0.717, 1.165) is 31.7 Å². The van der Waals surface area contributed by atoms with Gasteiger partial charge in [0.2, 0.25) is 5.82 Å². The van der Waals surface area contributed by atoms with Crippen LogP contribution in [0.4, 0.5) is 20.2 Å². The van der Waals surface area contributed by atoms with Crippen molar-refractivity contribution in [2.75, 3.05) is 11.9 Å². The summed E-state index contributed by atoms with van der Waals surface area (Å²) in [6, 6.07) is 1.35. The second kappa shape index (κ2) is 6.34. The first-order chi connectivity index (χ1) is 9.91. The van der Waals surface area contributed by atoms with E-state index in [1.165, 1.54) is 0 Å². The Hall–Kier alpha value is -1.76. The summed E-state index contributed by atoms with van der Waals surface area (Å²) in [6.45, 7) is 0.0384. The maximum atomic E-state index is 13.5. The molecule has 21 heavy (non-hydrogen) atoms. The maximum Gasteiger partial charge on any atom is 0.327 e. The molecule has 1 aromatic carbocycles. The molecule has 0 aromatic heterocycles. The highest BCUT2D eigenvalue weighted by Crippen LogP contribution is 2.31. The third-order valence-electron chi connectivity index (χ3n) is 3.85. The molecule has 1 fully saturated rings. The van der Waals surface area contributed by atoms with Gasteiger partial charge in [0.1, 0.15) is 11.5 Å². The van der Waals surface area contributed by atoms with Crippen LogP contribution in [0.3, 0.4) is 0 Å². The molecule has 0 amide bonds. The molecule has 0 aliphatic heterocycles. The number of benzene rings is 1. The molecule has 7 heteroatoms. The Labute approximate surface area is 121 Å². The van der Waals surface area contributed by atoms with Gasteiger partial charge in [0.05, 0.1) is 10.5 Å². The Morgan fingerprint density at radius 3 is 2.43 bits per heavy atom. The van der Waals surface area contributed by atoms with Crippen LogP contribution >= 0.6 is 0 Å². The van der Waals surface area contributed by atoms with Crippen molar-refractivity contribution in [3.05, 3.63) is 33.9 Å². The molecular formula is C14H18F2N2O3. The lowest BCUT2D eigenvalue weighted by Gasteiger charge is -2.27. The Morgan fingerprint density at radius 2 is 1.86 bits per heavy atom. The van der Waals surface area contributed by atoms with E-state index in [1.54, 1.807) is 0 Å². The summed E-state index contributed by atoms with van der Waals surface area (Å²) in [5, 5.41) is 24.0. The third-order valence-corrected chi connectivity index (χ3v) is 3.85. The lowest BCUT2D eigenvalue weighted by Crippen LogP contribution is -2.36. The maximum absolute atomic E-state index is 13.5. The molecule has 0 saturated heterocycles. The average Bonchev–Trinajstić information content (AvgIpc) is 2.60. The van der Waals surface area contributed by atoms with E-state index in [0.29, 0.717) is 18.9 Å². The van der Waals surface area contributed by atoms with Crippen LogP contribution in [0.5, 0.6) is 0 Å². The fourth-order valence-electron chi connectivity index (χ4n) is 2.71. The largest absolute Gasteiger partial charge is 0.388 e. The second-order valence-electron chi connectivity index (χ2n) is 5.53. The molecule has 0 heterocycles. The number of hydrogen-bond acceptors (Lipinski definition) is 4. The predicted octanol–water partition coefficient (Wildman–Crippen LogP) is 3.37. The van der Waals surface area contributed by atoms with E-state index >= 15 is 0 Å². The molecule has 0 radical (unpaired) electrons. The normalized spacial score (nSPS) is 18.0. The Morgan fingerprint density at radius 1 is 1.24 bits per heavy atom. The zero-order valence-electron chi connectivity index (χ0n) is 11.6. The van der Waals surface area contributed by atoms with Crippen LogP contribution in [-0.2, 0) is 0 Å². The quantitative estimate of drug-likeness (QED) is 0.508. The first kappa shape index (κ1) is 15.6. The molecule has 1 aliphatic rings. The van der Waals surface area contributed by atoms with Crippen molar-refractivity contribution < 1.29 is 18.8 Å². The van der Waals surface area contributed by atoms with E-state index in [2.05, 4.69) is 5.32 Å². The van der Waals surface area contributed by atoms with Crippen LogP contribution in [0.2, 0.25) is 0 Å². The minimum atomic E-state index is -1.23. The van der Waals surface area contributed by atoms with E-state index in [1.807, 2.05) is 0 Å². The summed E-state index contributed by atoms with van der Waals surface area (Å²) in [4.78, 5) is 9.99. The van der Waals surface area contributed by atoms with Crippen LogP contribution in [-0.4, -0.2) is 22.2 Å². The highest BCUT2D eigenvalue weighted by Gasteiger charge is 2.29. The van der Waals surface area contributed by atoms with Crippen molar-refractivity contribution in [2.24, 2.45) is 0 Å². The molecule has 2 rings (SSSR count). The SMILES string of the molecule is O=[N+]([O-])c1c(F)cc(F)cc1NCC1(O)CCCCCC1. The van der Waals surface area contributed by atoms with Crippen molar-refractivity contribution >= 4 is 11.4 Å². The highest BCUT2D eigenvalue weighted by atomic mass is 19.1. The molecule has 1 aromatic rings. The number of anilines is 1. The van der Waals surface area contributed by atoms with Crippen LogP contribution < -0.4 is 5.32 Å². The Balaban J connectivity index is 2.17. The number of hydrogen-bond donors (Lipinski definition) is 2. The van der Waals surface area contributed by atoms with E-state index in [4.69, 9.17) is 0 Å². The van der Waals surface area contributed by atoms with Gasteiger partial charge in [0.15, 0.2) is 0 Å². The standard InChI is InChI=1S/C14H18F2N2O3/c15-10-7-11(16)13(18(20)21)12(8-10)17-9-14(19)5-3-1-2-4-6-14/h7-8,17,19H,1-6,9H2. The van der Waals surface area contributed by atoms with E-state index < -0.39 is 27.8 Å². The summed E-state index contributed by atoms with van der Waals surface area (Å²) in [6.07, 6.45) is 4.97. The predicted molar refractivity (Wildman–Crippen MR) is 74.2 cm³/mol. The summed E-state index contributed by atoms with van der Waals surface area (Å²) in [5.41, 5.74) is -2.03. The third kappa shape index (κ3) is 3.87. The van der Waals surface area contributed by atoms with Crippen LogP contribution in [0.15, 0.2) is 12.1 Å². The molecule has 1 saturated carbocycles. The topological polar surface area (TPSA) is 75.4 Å². The fourth-order valence-corrected chi connectivity index (χ4v) is 2.71. The Bertz CT molecular complexity index is 529. The van der Waals surface area contributed by atoms with Crippen molar-refractivity contribution in [1.82, 2.24) is 0 Å². The smallest absolute Gasteiger partial charge is 0.327 e. The number of aliphatic hydroxyl groups is 1. The molecule has 0 bridgehead atoms. The van der Waals surface area contributed by atoms with Gasteiger partial charge in [0, 0.05) is 18.7 Å². The zero-order chi connectivity index (χ0) is 15.5. The van der Waals surface area contributed by atoms with Gasteiger partial charge in [0.25, 0.3) is 0 Å². The van der Waals surface area contributed by atoms with Gasteiger partial charge < -0.3 is 10.4 Å². The minimum absolute atomic E-state index is 0.0384. The minimum Gasteiger partial charge on any atom is -0.388 e. The lowest BCUT2D eigenvalue weighted by atomic mass is 9.94. The van der Waals surface area contributed by atoms with Crippen LogP contribution in [0.1, 0.15) is 38.5 Å². The fraction of sp³-hybridized carbons (Fsp3) is 0.571. The van der Waals surface area contributed by atoms with Gasteiger partial charge in [-0.15, -0.1) is 0 Å². The van der Waals surface area contributed by atoms with Gasteiger partial charge >= 0.3 is 5.69 Å². The van der Waals surface area contributed by atoms with Gasteiger partial charge in [-0.05, 0) is 12.8 Å². The number of nitrogens with zero attached hydrogens (tertiary/aromatic N) is 1. The monoisotopic (exact) mass is 300 g/mol. The van der Waals surface area contributed by atoms with Gasteiger partial charge in [-0.25, -0.2) is 4.39 Å². The lowest BCUT2D eigenvalue weighted by molar-refractivity contribution is -0.386. The second-order valence-corrected chi connectivity index (χ2v) is 5.53. The zero-order valence-corrected chi connectivity index (χ0v) is 11.6. The molecule has 0 unspecified atom stereocenters. The molecule has 0 spiro atoms. The van der Waals surface area contributed by atoms with Gasteiger partial charge in [-0.3, -0.25) is 10.1 Å². The molecule has 1 aliphatic carbocycles. The average molecular weight is 300 g/mol. The number of nitro benzene ring substituents is 1. The number of rotatable bonds is 4. The van der Waals surface area contributed by atoms with Crippen LogP contribution in [0, 0.1) is 21.7 Å². The molecular weight excluding hydrogens is 282 g/mol. The highest BCUT2D eigenvalue weighted by molar-refractivity contribution is 5.62.